The molecule has 3 rings (SSSR count). The molecule has 0 saturated heterocycles. The molecule has 17 heavy (non-hydrogen) atoms. The predicted molar refractivity (Wildman–Crippen MR) is 61.5 cm³/mol. The second-order valence-electron chi connectivity index (χ2n) is 3.55. The Morgan fingerprint density at radius 3 is 2.76 bits per heavy atom. The third kappa shape index (κ3) is 1.59. The van der Waals surface area contributed by atoms with Crippen LogP contribution in [0.2, 0.25) is 0 Å². The zero-order valence-corrected chi connectivity index (χ0v) is 8.68. The molecule has 5 nitrogen and oxygen atoms in total. The van der Waals surface area contributed by atoms with E-state index in [1.165, 1.54) is 12.3 Å². The van der Waals surface area contributed by atoms with Crippen molar-refractivity contribution in [3.8, 4) is 11.4 Å². The van der Waals surface area contributed by atoms with E-state index in [9.17, 15) is 4.39 Å². The Kier molecular flexibility index (Phi) is 2.01. The number of hydrogen-bond donors (Lipinski definition) is 2. The Balaban J connectivity index is 2.18. The van der Waals surface area contributed by atoms with E-state index < -0.39 is 0 Å². The van der Waals surface area contributed by atoms with Crippen LogP contribution in [0.5, 0.6) is 0 Å². The van der Waals surface area contributed by atoms with Gasteiger partial charge in [0.2, 0.25) is 0 Å². The van der Waals surface area contributed by atoms with E-state index in [1.807, 2.05) is 0 Å². The third-order valence-corrected chi connectivity index (χ3v) is 2.40. The number of fused-ring (bicyclic) bond motifs is 1. The van der Waals surface area contributed by atoms with Crippen molar-refractivity contribution in [1.29, 1.82) is 0 Å². The van der Waals surface area contributed by atoms with Gasteiger partial charge in [-0.1, -0.05) is 0 Å². The van der Waals surface area contributed by atoms with Gasteiger partial charge in [-0.25, -0.2) is 19.3 Å². The van der Waals surface area contributed by atoms with Crippen LogP contribution in [-0.4, -0.2) is 19.9 Å². The molecule has 0 aliphatic rings. The van der Waals surface area contributed by atoms with Gasteiger partial charge in [0.25, 0.3) is 0 Å². The normalized spacial score (nSPS) is 10.9. The molecule has 84 valence electrons. The summed E-state index contributed by atoms with van der Waals surface area (Å²) in [5.41, 5.74) is 6.86. The lowest BCUT2D eigenvalue weighted by molar-refractivity contribution is 0.636. The monoisotopic (exact) mass is 229 g/mol. The number of rotatable bonds is 1. The molecule has 3 N–H and O–H groups in total. The molecular formula is C11H8FN5. The molecule has 0 unspecified atom stereocenters. The molecule has 0 bridgehead atoms. The fourth-order valence-electron chi connectivity index (χ4n) is 1.56. The zero-order valence-electron chi connectivity index (χ0n) is 8.68. The second kappa shape index (κ2) is 3.51. The summed E-state index contributed by atoms with van der Waals surface area (Å²) in [5.74, 6) is 0.566. The number of hydrogen-bond acceptors (Lipinski definition) is 4. The van der Waals surface area contributed by atoms with E-state index >= 15 is 0 Å². The number of nitrogens with one attached hydrogen (secondary N) is 1. The lowest BCUT2D eigenvalue weighted by Gasteiger charge is -1.95. The fraction of sp³-hybridized carbons (Fsp3) is 0. The molecule has 0 spiro atoms. The third-order valence-electron chi connectivity index (χ3n) is 2.40. The number of pyridine rings is 2. The first-order chi connectivity index (χ1) is 8.24. The molecule has 0 radical (unpaired) electrons. The number of nitrogen functional groups attached to an aromatic ring is 1. The largest absolute Gasteiger partial charge is 0.384 e. The highest BCUT2D eigenvalue weighted by atomic mass is 19.1. The highest BCUT2D eigenvalue weighted by Crippen LogP contribution is 2.20. The lowest BCUT2D eigenvalue weighted by atomic mass is 10.3. The number of H-pyrrole nitrogens is 1. The van der Waals surface area contributed by atoms with Gasteiger partial charge in [-0.2, -0.15) is 0 Å². The average Bonchev–Trinajstić information content (AvgIpc) is 2.75. The molecule has 0 aromatic carbocycles. The Labute approximate surface area is 95.5 Å². The van der Waals surface area contributed by atoms with Gasteiger partial charge >= 0.3 is 0 Å². The highest BCUT2D eigenvalue weighted by Gasteiger charge is 2.09. The van der Waals surface area contributed by atoms with E-state index in [-0.39, 0.29) is 5.82 Å². The summed E-state index contributed by atoms with van der Waals surface area (Å²) in [5, 5.41) is 0. The molecular weight excluding hydrogens is 221 g/mol. The first-order valence-electron chi connectivity index (χ1n) is 4.96. The highest BCUT2D eigenvalue weighted by molar-refractivity contribution is 5.76. The summed E-state index contributed by atoms with van der Waals surface area (Å²) >= 11 is 0. The van der Waals surface area contributed by atoms with Crippen molar-refractivity contribution >= 4 is 17.0 Å². The summed E-state index contributed by atoms with van der Waals surface area (Å²) in [6.07, 6.45) is 2.95. The van der Waals surface area contributed by atoms with E-state index in [4.69, 9.17) is 5.73 Å². The SMILES string of the molecule is Nc1ccc(-c2nc3nccc(F)c3[nH]2)cn1. The Bertz CT molecular complexity index is 674. The molecule has 3 aromatic heterocycles. The standard InChI is InChI=1S/C11H8FN5/c12-7-3-4-14-11-9(7)16-10(17-11)6-1-2-8(13)15-5-6/h1-5H,(H2,13,15)(H,14,16,17). The molecule has 0 aliphatic carbocycles. The van der Waals surface area contributed by atoms with Gasteiger partial charge in [-0.3, -0.25) is 0 Å². The minimum atomic E-state index is -0.378. The van der Waals surface area contributed by atoms with Crippen LogP contribution in [0.15, 0.2) is 30.6 Å². The van der Waals surface area contributed by atoms with Gasteiger partial charge in [0.15, 0.2) is 11.5 Å². The Morgan fingerprint density at radius 2 is 2.06 bits per heavy atom. The van der Waals surface area contributed by atoms with Gasteiger partial charge in [-0.05, 0) is 18.2 Å². The van der Waals surface area contributed by atoms with Crippen molar-refractivity contribution in [2.75, 3.05) is 5.73 Å². The summed E-state index contributed by atoms with van der Waals surface area (Å²) in [4.78, 5) is 15.0. The number of aromatic nitrogens is 4. The Morgan fingerprint density at radius 1 is 1.18 bits per heavy atom. The van der Waals surface area contributed by atoms with E-state index in [0.29, 0.717) is 22.8 Å². The summed E-state index contributed by atoms with van der Waals surface area (Å²) in [7, 11) is 0. The minimum Gasteiger partial charge on any atom is -0.384 e. The number of nitrogens with two attached hydrogens (primary N) is 1. The number of imidazole rings is 1. The van der Waals surface area contributed by atoms with Crippen molar-refractivity contribution in [2.24, 2.45) is 0 Å². The Hall–Kier alpha value is -2.50. The first-order valence-corrected chi connectivity index (χ1v) is 4.96. The van der Waals surface area contributed by atoms with Gasteiger partial charge in [0.05, 0.1) is 0 Å². The quantitative estimate of drug-likeness (QED) is 0.666. The molecule has 0 aliphatic heterocycles. The average molecular weight is 229 g/mol. The maximum Gasteiger partial charge on any atom is 0.181 e. The number of aromatic amines is 1. The first kappa shape index (κ1) is 9.71. The van der Waals surface area contributed by atoms with Crippen LogP contribution in [0.4, 0.5) is 10.2 Å². The maximum absolute atomic E-state index is 13.4. The molecule has 0 amide bonds. The summed E-state index contributed by atoms with van der Waals surface area (Å²) in [6.45, 7) is 0. The summed E-state index contributed by atoms with van der Waals surface area (Å²) < 4.78 is 13.4. The lowest BCUT2D eigenvalue weighted by Crippen LogP contribution is -1.89. The number of halogens is 1. The van der Waals surface area contributed by atoms with E-state index in [1.54, 1.807) is 18.3 Å². The van der Waals surface area contributed by atoms with Crippen LogP contribution in [0.1, 0.15) is 0 Å². The molecule has 3 aromatic rings. The fourth-order valence-corrected chi connectivity index (χ4v) is 1.56. The second-order valence-corrected chi connectivity index (χ2v) is 3.55. The van der Waals surface area contributed by atoms with Gasteiger partial charge in [0.1, 0.15) is 17.2 Å². The van der Waals surface area contributed by atoms with Crippen LogP contribution in [-0.2, 0) is 0 Å². The van der Waals surface area contributed by atoms with Crippen LogP contribution in [0.25, 0.3) is 22.6 Å². The number of anilines is 1. The van der Waals surface area contributed by atoms with Crippen LogP contribution >= 0.6 is 0 Å². The van der Waals surface area contributed by atoms with Crippen LogP contribution < -0.4 is 5.73 Å². The summed E-state index contributed by atoms with van der Waals surface area (Å²) in [6, 6.07) is 4.70. The van der Waals surface area contributed by atoms with Crippen LogP contribution in [0.3, 0.4) is 0 Å². The van der Waals surface area contributed by atoms with E-state index in [2.05, 4.69) is 19.9 Å². The maximum atomic E-state index is 13.4. The zero-order chi connectivity index (χ0) is 11.8. The van der Waals surface area contributed by atoms with Gasteiger partial charge < -0.3 is 10.7 Å². The molecule has 0 saturated carbocycles. The molecule has 0 fully saturated rings. The van der Waals surface area contributed by atoms with E-state index in [0.717, 1.165) is 5.56 Å². The van der Waals surface area contributed by atoms with Crippen molar-refractivity contribution < 1.29 is 4.39 Å². The number of nitrogens with zero attached hydrogens (tertiary/aromatic N) is 3. The minimum absolute atomic E-state index is 0.291. The van der Waals surface area contributed by atoms with Gasteiger partial charge in [0, 0.05) is 18.0 Å². The van der Waals surface area contributed by atoms with Crippen molar-refractivity contribution in [3.63, 3.8) is 0 Å². The predicted octanol–water partition coefficient (Wildman–Crippen LogP) is 1.74. The molecule has 0 atom stereocenters. The topological polar surface area (TPSA) is 80.5 Å². The molecule has 6 heteroatoms. The van der Waals surface area contributed by atoms with Crippen molar-refractivity contribution in [3.05, 3.63) is 36.4 Å². The smallest absolute Gasteiger partial charge is 0.181 e. The van der Waals surface area contributed by atoms with Crippen LogP contribution in [0, 0.1) is 5.82 Å². The molecule has 3 heterocycles. The van der Waals surface area contributed by atoms with Gasteiger partial charge in [-0.15, -0.1) is 0 Å². The van der Waals surface area contributed by atoms with Crippen molar-refractivity contribution in [2.45, 2.75) is 0 Å². The van der Waals surface area contributed by atoms with Crippen molar-refractivity contribution in [1.82, 2.24) is 19.9 Å².